The first kappa shape index (κ1) is 12.6. The van der Waals surface area contributed by atoms with Gasteiger partial charge in [0, 0.05) is 26.8 Å². The fourth-order valence-corrected chi connectivity index (χ4v) is 1.80. The van der Waals surface area contributed by atoms with Crippen LogP contribution >= 0.6 is 0 Å². The summed E-state index contributed by atoms with van der Waals surface area (Å²) in [5.41, 5.74) is 0. The van der Waals surface area contributed by atoms with Crippen LogP contribution in [0.25, 0.3) is 0 Å². The first-order chi connectivity index (χ1) is 8.59. The van der Waals surface area contributed by atoms with Crippen molar-refractivity contribution in [3.63, 3.8) is 0 Å². The lowest BCUT2D eigenvalue weighted by molar-refractivity contribution is -0.141. The number of aliphatic carboxylic acids is 1. The topological polar surface area (TPSA) is 78.8 Å². The highest BCUT2D eigenvalue weighted by Crippen LogP contribution is 2.19. The van der Waals surface area contributed by atoms with Crippen LogP contribution in [0.2, 0.25) is 0 Å². The van der Waals surface area contributed by atoms with Crippen molar-refractivity contribution < 1.29 is 14.6 Å². The predicted molar refractivity (Wildman–Crippen MR) is 65.9 cm³/mol. The van der Waals surface area contributed by atoms with Crippen LogP contribution in [0.1, 0.15) is 0 Å². The Hall–Kier alpha value is -1.89. The minimum atomic E-state index is -0.903. The quantitative estimate of drug-likeness (QED) is 0.800. The van der Waals surface area contributed by atoms with Crippen molar-refractivity contribution in [1.29, 1.82) is 0 Å². The Kier molecular flexibility index (Phi) is 3.61. The predicted octanol–water partition coefficient (Wildman–Crippen LogP) is -0.168. The molecule has 1 unspecified atom stereocenters. The van der Waals surface area contributed by atoms with E-state index in [1.807, 2.05) is 14.1 Å². The van der Waals surface area contributed by atoms with Crippen molar-refractivity contribution in [1.82, 2.24) is 9.97 Å². The van der Waals surface area contributed by atoms with Crippen LogP contribution in [-0.4, -0.2) is 60.9 Å². The molecule has 0 spiro atoms. The van der Waals surface area contributed by atoms with Gasteiger partial charge in [-0.1, -0.05) is 0 Å². The molecule has 7 heteroatoms. The van der Waals surface area contributed by atoms with E-state index in [0.717, 1.165) is 0 Å². The number of carboxylic acids is 1. The third kappa shape index (κ3) is 2.51. The standard InChI is InChI=1S/C11H16N4O3/c1-14(2)11-12-4-3-9(13-11)15-5-6-18-7-8(15)10(16)17/h3-4,8H,5-7H2,1-2H3,(H,16,17). The van der Waals surface area contributed by atoms with Crippen LogP contribution in [0.3, 0.4) is 0 Å². The lowest BCUT2D eigenvalue weighted by Crippen LogP contribution is -2.50. The molecule has 0 saturated carbocycles. The van der Waals surface area contributed by atoms with Crippen molar-refractivity contribution in [3.05, 3.63) is 12.3 Å². The molecule has 2 rings (SSSR count). The molecule has 0 aliphatic carbocycles. The molecule has 18 heavy (non-hydrogen) atoms. The minimum Gasteiger partial charge on any atom is -0.480 e. The van der Waals surface area contributed by atoms with E-state index in [9.17, 15) is 9.90 Å². The van der Waals surface area contributed by atoms with Gasteiger partial charge in [-0.3, -0.25) is 0 Å². The van der Waals surface area contributed by atoms with E-state index in [2.05, 4.69) is 9.97 Å². The largest absolute Gasteiger partial charge is 0.480 e. The van der Waals surface area contributed by atoms with E-state index in [4.69, 9.17) is 4.74 Å². The van der Waals surface area contributed by atoms with Gasteiger partial charge in [0.05, 0.1) is 13.2 Å². The highest BCUT2D eigenvalue weighted by atomic mass is 16.5. The first-order valence-corrected chi connectivity index (χ1v) is 5.67. The van der Waals surface area contributed by atoms with E-state index in [1.165, 1.54) is 0 Å². The number of nitrogens with zero attached hydrogens (tertiary/aromatic N) is 4. The summed E-state index contributed by atoms with van der Waals surface area (Å²) in [6, 6.07) is 1.03. The number of ether oxygens (including phenoxy) is 1. The molecule has 0 amide bonds. The van der Waals surface area contributed by atoms with Crippen LogP contribution in [0, 0.1) is 0 Å². The lowest BCUT2D eigenvalue weighted by atomic mass is 10.2. The number of carboxylic acid groups (broad SMARTS) is 1. The Labute approximate surface area is 105 Å². The molecule has 98 valence electrons. The monoisotopic (exact) mass is 252 g/mol. The van der Waals surface area contributed by atoms with Gasteiger partial charge in [-0.05, 0) is 6.07 Å². The molecule has 1 saturated heterocycles. The fourth-order valence-electron chi connectivity index (χ4n) is 1.80. The van der Waals surface area contributed by atoms with Crippen LogP contribution in [0.4, 0.5) is 11.8 Å². The summed E-state index contributed by atoms with van der Waals surface area (Å²) in [6.07, 6.45) is 1.63. The van der Waals surface area contributed by atoms with E-state index in [1.54, 1.807) is 22.1 Å². The zero-order chi connectivity index (χ0) is 13.1. The van der Waals surface area contributed by atoms with Crippen LogP contribution in [-0.2, 0) is 9.53 Å². The van der Waals surface area contributed by atoms with Gasteiger partial charge in [0.2, 0.25) is 5.95 Å². The smallest absolute Gasteiger partial charge is 0.328 e. The third-order valence-electron chi connectivity index (χ3n) is 2.74. The Morgan fingerprint density at radius 3 is 3.06 bits per heavy atom. The van der Waals surface area contributed by atoms with Gasteiger partial charge in [0.25, 0.3) is 0 Å². The summed E-state index contributed by atoms with van der Waals surface area (Å²) < 4.78 is 5.20. The summed E-state index contributed by atoms with van der Waals surface area (Å²) in [5, 5.41) is 9.17. The number of aromatic nitrogens is 2. The van der Waals surface area contributed by atoms with Gasteiger partial charge in [-0.25, -0.2) is 9.78 Å². The lowest BCUT2D eigenvalue weighted by Gasteiger charge is -2.33. The Morgan fingerprint density at radius 2 is 2.39 bits per heavy atom. The molecule has 7 nitrogen and oxygen atoms in total. The molecule has 0 aromatic carbocycles. The number of anilines is 2. The van der Waals surface area contributed by atoms with Gasteiger partial charge >= 0.3 is 5.97 Å². The van der Waals surface area contributed by atoms with E-state index >= 15 is 0 Å². The third-order valence-corrected chi connectivity index (χ3v) is 2.74. The van der Waals surface area contributed by atoms with Crippen LogP contribution in [0.5, 0.6) is 0 Å². The van der Waals surface area contributed by atoms with Gasteiger partial charge in [0.1, 0.15) is 5.82 Å². The molecule has 1 N–H and O–H groups in total. The summed E-state index contributed by atoms with van der Waals surface area (Å²) in [7, 11) is 3.68. The maximum absolute atomic E-state index is 11.2. The van der Waals surface area contributed by atoms with Crippen molar-refractivity contribution in [2.24, 2.45) is 0 Å². The maximum atomic E-state index is 11.2. The molecule has 2 heterocycles. The molecule has 1 aliphatic rings. The van der Waals surface area contributed by atoms with E-state index in [-0.39, 0.29) is 6.61 Å². The highest BCUT2D eigenvalue weighted by molar-refractivity contribution is 5.78. The molecule has 1 aromatic rings. The zero-order valence-electron chi connectivity index (χ0n) is 10.4. The van der Waals surface area contributed by atoms with Crippen molar-refractivity contribution in [3.8, 4) is 0 Å². The second-order valence-electron chi connectivity index (χ2n) is 4.23. The Morgan fingerprint density at radius 1 is 1.61 bits per heavy atom. The summed E-state index contributed by atoms with van der Waals surface area (Å²) in [5.74, 6) is 0.271. The molecular weight excluding hydrogens is 236 g/mol. The number of morpholine rings is 1. The van der Waals surface area contributed by atoms with Gasteiger partial charge < -0.3 is 19.6 Å². The average Bonchev–Trinajstić information content (AvgIpc) is 2.39. The maximum Gasteiger partial charge on any atom is 0.328 e. The van der Waals surface area contributed by atoms with Gasteiger partial charge in [-0.15, -0.1) is 0 Å². The van der Waals surface area contributed by atoms with Gasteiger partial charge in [0.15, 0.2) is 6.04 Å². The highest BCUT2D eigenvalue weighted by Gasteiger charge is 2.30. The van der Waals surface area contributed by atoms with E-state index in [0.29, 0.717) is 24.9 Å². The molecule has 1 fully saturated rings. The first-order valence-electron chi connectivity index (χ1n) is 5.67. The SMILES string of the molecule is CN(C)c1nccc(N2CCOCC2C(=O)O)n1. The Balaban J connectivity index is 2.28. The number of hydrogen-bond acceptors (Lipinski definition) is 6. The molecular formula is C11H16N4O3. The summed E-state index contributed by atoms with van der Waals surface area (Å²) in [4.78, 5) is 23.2. The normalized spacial score (nSPS) is 19.7. The molecule has 0 radical (unpaired) electrons. The van der Waals surface area contributed by atoms with Crippen molar-refractivity contribution >= 4 is 17.7 Å². The van der Waals surface area contributed by atoms with Crippen LogP contribution in [0.15, 0.2) is 12.3 Å². The van der Waals surface area contributed by atoms with E-state index < -0.39 is 12.0 Å². The molecule has 1 aromatic heterocycles. The second kappa shape index (κ2) is 5.18. The molecule has 1 atom stereocenters. The van der Waals surface area contributed by atoms with Gasteiger partial charge in [-0.2, -0.15) is 4.98 Å². The van der Waals surface area contributed by atoms with Crippen molar-refractivity contribution in [2.45, 2.75) is 6.04 Å². The Bertz CT molecular complexity index is 438. The minimum absolute atomic E-state index is 0.177. The number of hydrogen-bond donors (Lipinski definition) is 1. The van der Waals surface area contributed by atoms with Crippen molar-refractivity contribution in [2.75, 3.05) is 43.7 Å². The zero-order valence-corrected chi connectivity index (χ0v) is 10.4. The summed E-state index contributed by atoms with van der Waals surface area (Å²) in [6.45, 7) is 1.20. The number of rotatable bonds is 3. The fraction of sp³-hybridized carbons (Fsp3) is 0.545. The van der Waals surface area contributed by atoms with Crippen LogP contribution < -0.4 is 9.80 Å². The second-order valence-corrected chi connectivity index (χ2v) is 4.23. The number of carbonyl (C=O) groups is 1. The molecule has 1 aliphatic heterocycles. The summed E-state index contributed by atoms with van der Waals surface area (Å²) >= 11 is 0. The average molecular weight is 252 g/mol. The molecule has 0 bridgehead atoms.